The van der Waals surface area contributed by atoms with E-state index in [-0.39, 0.29) is 23.7 Å². The van der Waals surface area contributed by atoms with Gasteiger partial charge in [-0.2, -0.15) is 0 Å². The lowest BCUT2D eigenvalue weighted by Gasteiger charge is -2.18. The van der Waals surface area contributed by atoms with E-state index >= 15 is 0 Å². The minimum absolute atomic E-state index is 0.0126. The molecule has 0 unspecified atom stereocenters. The maximum atomic E-state index is 12.6. The molecule has 0 saturated carbocycles. The number of hydrogen-bond acceptors (Lipinski definition) is 8. The lowest BCUT2D eigenvalue weighted by molar-refractivity contribution is -0.150. The van der Waals surface area contributed by atoms with Gasteiger partial charge in [0.15, 0.2) is 0 Å². The number of unbranched alkanes of at least 4 members (excludes halogenated alkanes) is 23. The van der Waals surface area contributed by atoms with Crippen molar-refractivity contribution >= 4 is 11.9 Å². The molecule has 1 heterocycles. The molecule has 0 aromatic carbocycles. The number of aromatic amines is 1. The number of ether oxygens (including phenoxy) is 2. The molecule has 0 amide bonds. The molecule has 56 heavy (non-hydrogen) atoms. The quantitative estimate of drug-likeness (QED) is 0.0444. The highest BCUT2D eigenvalue weighted by Crippen LogP contribution is 2.18. The first kappa shape index (κ1) is 58.2. The van der Waals surface area contributed by atoms with Gasteiger partial charge in [-0.05, 0) is 77.9 Å². The third-order valence-corrected chi connectivity index (χ3v) is 9.73. The van der Waals surface area contributed by atoms with E-state index in [2.05, 4.69) is 41.5 Å². The lowest BCUT2D eigenvalue weighted by Crippen LogP contribution is -2.18. The van der Waals surface area contributed by atoms with E-state index < -0.39 is 0 Å². The molecule has 0 bridgehead atoms. The van der Waals surface area contributed by atoms with Gasteiger partial charge in [0, 0.05) is 25.1 Å². The van der Waals surface area contributed by atoms with E-state index in [1.807, 2.05) is 13.8 Å². The Balaban J connectivity index is -0.00000247. The Morgan fingerprint density at radius 3 is 1.39 bits per heavy atom. The normalized spacial score (nSPS) is 10.5. The molecule has 334 valence electrons. The van der Waals surface area contributed by atoms with Gasteiger partial charge in [0.25, 0.3) is 0 Å². The molecule has 0 fully saturated rings. The standard InChI is InChI=1S/C41H81NO4.C3H3NO2.C2H6.CH5N/c1-4-7-10-13-18-25-32-39(33-26-19-14-11-8-5-2)46-41(44)35-28-21-17-23-30-37-42-36-29-22-16-20-27-34-40(43)45-38-31-24-15-12-9-6-3;5-3-1-2-4-6-3;2*1-2/h39,42H,4-38H2,1-3H3;1-2,4H;1-2H3;2H2,1H3. The number of nitrogens with two attached hydrogens (primary N) is 1. The number of esters is 2. The van der Waals surface area contributed by atoms with Gasteiger partial charge in [-0.3, -0.25) is 9.59 Å². The Kier molecular flexibility index (Phi) is 54.9. The van der Waals surface area contributed by atoms with E-state index in [1.54, 1.807) is 0 Å². The van der Waals surface area contributed by atoms with Crippen LogP contribution in [0.15, 0.2) is 21.6 Å². The number of nitrogens with one attached hydrogen (secondary N) is 2. The SMILES string of the molecule is CC.CCCCCCCCOC(=O)CCCCCCCNCCCCCCCC(=O)OC(CCCCCCCC)CCCCCCCC.CN.O=c1cc[nH]o1. The highest BCUT2D eigenvalue weighted by Gasteiger charge is 2.14. The molecule has 0 aliphatic carbocycles. The first-order valence-electron chi connectivity index (χ1n) is 23.8. The average molecular weight is 798 g/mol. The number of H-pyrrole nitrogens is 1. The third-order valence-electron chi connectivity index (χ3n) is 9.73. The van der Waals surface area contributed by atoms with E-state index in [0.717, 1.165) is 58.0 Å². The summed E-state index contributed by atoms with van der Waals surface area (Å²) in [7, 11) is 1.50. The highest BCUT2D eigenvalue weighted by molar-refractivity contribution is 5.69. The van der Waals surface area contributed by atoms with Gasteiger partial charge >= 0.3 is 17.6 Å². The molecule has 1 rings (SSSR count). The number of rotatable bonds is 38. The minimum Gasteiger partial charge on any atom is -0.466 e. The third kappa shape index (κ3) is 49.9. The summed E-state index contributed by atoms with van der Waals surface area (Å²) in [4.78, 5) is 34.3. The van der Waals surface area contributed by atoms with Crippen molar-refractivity contribution in [2.75, 3.05) is 26.7 Å². The highest BCUT2D eigenvalue weighted by atomic mass is 16.5. The van der Waals surface area contributed by atoms with Gasteiger partial charge in [-0.1, -0.05) is 169 Å². The summed E-state index contributed by atoms with van der Waals surface area (Å²) in [6, 6.07) is 1.31. The molecule has 9 nitrogen and oxygen atoms in total. The van der Waals surface area contributed by atoms with Crippen LogP contribution in [0.4, 0.5) is 0 Å². The monoisotopic (exact) mass is 798 g/mol. The molecule has 0 spiro atoms. The topological polar surface area (TPSA) is 137 Å². The first-order valence-corrected chi connectivity index (χ1v) is 23.8. The van der Waals surface area contributed by atoms with Crippen LogP contribution in [0.1, 0.15) is 240 Å². The summed E-state index contributed by atoms with van der Waals surface area (Å²) in [5, 5.41) is 5.83. The summed E-state index contributed by atoms with van der Waals surface area (Å²) in [5.74, 6) is 0.0217. The molecule has 4 N–H and O–H groups in total. The second-order valence-corrected chi connectivity index (χ2v) is 14.9. The zero-order valence-electron chi connectivity index (χ0n) is 38.0. The summed E-state index contributed by atoms with van der Waals surface area (Å²) in [6.07, 6.45) is 39.2. The maximum absolute atomic E-state index is 12.6. The van der Waals surface area contributed by atoms with E-state index in [4.69, 9.17) is 9.47 Å². The smallest absolute Gasteiger partial charge is 0.357 e. The second-order valence-electron chi connectivity index (χ2n) is 14.9. The molecule has 0 radical (unpaired) electrons. The first-order chi connectivity index (χ1) is 27.5. The van der Waals surface area contributed by atoms with Crippen LogP contribution in [0.2, 0.25) is 0 Å². The van der Waals surface area contributed by atoms with Crippen LogP contribution in [-0.2, 0) is 19.1 Å². The molecule has 0 atom stereocenters. The molecule has 1 aromatic rings. The Morgan fingerprint density at radius 1 is 0.589 bits per heavy atom. The number of carbonyl (C=O) groups excluding carboxylic acids is 2. The Hall–Kier alpha value is -2.13. The largest absolute Gasteiger partial charge is 0.466 e. The fourth-order valence-electron chi connectivity index (χ4n) is 6.40. The predicted octanol–water partition coefficient (Wildman–Crippen LogP) is 13.1. The fourth-order valence-corrected chi connectivity index (χ4v) is 6.40. The molecular weight excluding hydrogens is 703 g/mol. The molecule has 9 heteroatoms. The van der Waals surface area contributed by atoms with Gasteiger partial charge in [0.1, 0.15) is 6.10 Å². The maximum Gasteiger partial charge on any atom is 0.357 e. The Bertz CT molecular complexity index is 889. The van der Waals surface area contributed by atoms with Crippen molar-refractivity contribution < 1.29 is 23.6 Å². The van der Waals surface area contributed by atoms with Crippen molar-refractivity contribution in [2.45, 2.75) is 246 Å². The summed E-state index contributed by atoms with van der Waals surface area (Å²) < 4.78 is 15.5. The van der Waals surface area contributed by atoms with Crippen LogP contribution in [-0.4, -0.2) is 49.9 Å². The van der Waals surface area contributed by atoms with Crippen LogP contribution >= 0.6 is 0 Å². The van der Waals surface area contributed by atoms with Crippen LogP contribution in [0.25, 0.3) is 0 Å². The molecular formula is C47H95N3O6. The van der Waals surface area contributed by atoms with Crippen molar-refractivity contribution in [3.05, 3.63) is 22.7 Å². The number of carbonyl (C=O) groups is 2. The van der Waals surface area contributed by atoms with Crippen LogP contribution < -0.4 is 16.7 Å². The molecule has 0 aliphatic heterocycles. The molecule has 0 aliphatic rings. The zero-order valence-corrected chi connectivity index (χ0v) is 38.0. The summed E-state index contributed by atoms with van der Waals surface area (Å²) >= 11 is 0. The van der Waals surface area contributed by atoms with Gasteiger partial charge in [-0.15, -0.1) is 0 Å². The van der Waals surface area contributed by atoms with Gasteiger partial charge in [0.05, 0.1) is 6.61 Å². The average Bonchev–Trinajstić information content (AvgIpc) is 3.70. The zero-order chi connectivity index (χ0) is 42.0. The van der Waals surface area contributed by atoms with Crippen molar-refractivity contribution in [1.29, 1.82) is 0 Å². The summed E-state index contributed by atoms with van der Waals surface area (Å²) in [6.45, 7) is 13.5. The van der Waals surface area contributed by atoms with Gasteiger partial charge < -0.3 is 25.0 Å². The number of aromatic nitrogens is 1. The van der Waals surface area contributed by atoms with Crippen molar-refractivity contribution in [3.8, 4) is 0 Å². The van der Waals surface area contributed by atoms with E-state index in [1.165, 1.54) is 167 Å². The summed E-state index contributed by atoms with van der Waals surface area (Å²) in [5.41, 5.74) is 4.16. The van der Waals surface area contributed by atoms with Gasteiger partial charge in [0.2, 0.25) is 0 Å². The van der Waals surface area contributed by atoms with Gasteiger partial charge in [-0.25, -0.2) is 9.95 Å². The van der Waals surface area contributed by atoms with Crippen molar-refractivity contribution in [1.82, 2.24) is 10.5 Å². The Morgan fingerprint density at radius 2 is 0.982 bits per heavy atom. The Labute approximate surface area is 346 Å². The van der Waals surface area contributed by atoms with Crippen LogP contribution in [0, 0.1) is 0 Å². The van der Waals surface area contributed by atoms with E-state index in [9.17, 15) is 14.4 Å². The predicted molar refractivity (Wildman–Crippen MR) is 239 cm³/mol. The lowest BCUT2D eigenvalue weighted by atomic mass is 10.0. The van der Waals surface area contributed by atoms with Crippen molar-refractivity contribution in [2.24, 2.45) is 5.73 Å². The molecule has 1 aromatic heterocycles. The van der Waals surface area contributed by atoms with E-state index in [0.29, 0.717) is 19.4 Å². The molecule has 0 saturated heterocycles. The van der Waals surface area contributed by atoms with Crippen LogP contribution in [0.5, 0.6) is 0 Å². The fraction of sp³-hybridized carbons (Fsp3) is 0.894. The van der Waals surface area contributed by atoms with Crippen molar-refractivity contribution in [3.63, 3.8) is 0 Å². The minimum atomic E-state index is -0.338. The van der Waals surface area contributed by atoms with Crippen LogP contribution in [0.3, 0.4) is 0 Å². The number of hydrogen-bond donors (Lipinski definition) is 3. The second kappa shape index (κ2) is 52.9.